The summed E-state index contributed by atoms with van der Waals surface area (Å²) in [5, 5.41) is 7.99. The van der Waals surface area contributed by atoms with Gasteiger partial charge in [-0.25, -0.2) is 14.6 Å². The fourth-order valence-corrected chi connectivity index (χ4v) is 2.91. The van der Waals surface area contributed by atoms with Crippen LogP contribution in [-0.2, 0) is 4.79 Å². The summed E-state index contributed by atoms with van der Waals surface area (Å²) in [4.78, 5) is 20.5. The molecule has 1 N–H and O–H groups in total. The molecule has 0 aliphatic carbocycles. The van der Waals surface area contributed by atoms with Crippen molar-refractivity contribution in [3.63, 3.8) is 0 Å². The Labute approximate surface area is 144 Å². The fraction of sp³-hybridized carbons (Fsp3) is 0.176. The molecule has 24 heavy (non-hydrogen) atoms. The van der Waals surface area contributed by atoms with E-state index in [1.165, 1.54) is 18.1 Å². The lowest BCUT2D eigenvalue weighted by Crippen LogP contribution is -2.14. The number of hydrogen-bond acceptors (Lipinski definition) is 5. The lowest BCUT2D eigenvalue weighted by Gasteiger charge is -2.06. The monoisotopic (exact) mass is 339 g/mol. The Kier molecular flexibility index (Phi) is 4.90. The third-order valence-corrected chi connectivity index (χ3v) is 4.19. The second-order valence-corrected chi connectivity index (χ2v) is 6.25. The predicted molar refractivity (Wildman–Crippen MR) is 94.4 cm³/mol. The van der Waals surface area contributed by atoms with E-state index in [4.69, 9.17) is 0 Å². The molecule has 0 saturated carbocycles. The number of amides is 1. The van der Waals surface area contributed by atoms with Gasteiger partial charge < -0.3 is 5.32 Å². The van der Waals surface area contributed by atoms with Crippen molar-refractivity contribution in [1.29, 1.82) is 0 Å². The maximum absolute atomic E-state index is 12.0. The Morgan fingerprint density at radius 1 is 1.17 bits per heavy atom. The highest BCUT2D eigenvalue weighted by Gasteiger charge is 2.09. The molecule has 0 saturated heterocycles. The molecule has 0 bridgehead atoms. The van der Waals surface area contributed by atoms with E-state index in [-0.39, 0.29) is 11.7 Å². The number of nitrogens with zero attached hydrogens (tertiary/aromatic N) is 4. The Bertz CT molecular complexity index is 847. The zero-order valence-electron chi connectivity index (χ0n) is 13.4. The Morgan fingerprint density at radius 3 is 2.67 bits per heavy atom. The molecule has 0 aliphatic rings. The molecule has 0 atom stereocenters. The Balaban J connectivity index is 1.65. The number of nitrogens with one attached hydrogen (secondary N) is 1. The molecule has 1 amide bonds. The third-order valence-electron chi connectivity index (χ3n) is 3.26. The normalized spacial score (nSPS) is 10.6. The first kappa shape index (κ1) is 16.2. The van der Waals surface area contributed by atoms with Crippen LogP contribution in [0.2, 0.25) is 0 Å². The van der Waals surface area contributed by atoms with Crippen molar-refractivity contribution in [1.82, 2.24) is 19.7 Å². The number of aromatic nitrogens is 4. The minimum atomic E-state index is -0.0718. The molecule has 2 aromatic heterocycles. The molecule has 3 aromatic rings. The quantitative estimate of drug-likeness (QED) is 0.571. The highest BCUT2D eigenvalue weighted by molar-refractivity contribution is 7.99. The van der Waals surface area contributed by atoms with Gasteiger partial charge in [-0.05, 0) is 32.0 Å². The first-order valence-electron chi connectivity index (χ1n) is 7.45. The molecule has 7 heteroatoms. The number of carbonyl (C=O) groups is 1. The van der Waals surface area contributed by atoms with E-state index in [1.54, 1.807) is 4.68 Å². The van der Waals surface area contributed by atoms with Crippen LogP contribution >= 0.6 is 11.8 Å². The summed E-state index contributed by atoms with van der Waals surface area (Å²) in [6.07, 6.45) is 1.49. The summed E-state index contributed by atoms with van der Waals surface area (Å²) >= 11 is 1.37. The molecular weight excluding hydrogens is 322 g/mol. The van der Waals surface area contributed by atoms with Crippen LogP contribution in [0.3, 0.4) is 0 Å². The van der Waals surface area contributed by atoms with E-state index in [1.807, 2.05) is 56.3 Å². The van der Waals surface area contributed by atoms with Crippen LogP contribution in [0.15, 0.2) is 53.8 Å². The molecule has 3 rings (SSSR count). The molecule has 0 unspecified atom stereocenters. The molecule has 122 valence electrons. The van der Waals surface area contributed by atoms with E-state index in [2.05, 4.69) is 20.4 Å². The van der Waals surface area contributed by atoms with Crippen molar-refractivity contribution in [3.05, 3.63) is 60.2 Å². The molecule has 0 spiro atoms. The van der Waals surface area contributed by atoms with Crippen molar-refractivity contribution in [2.45, 2.75) is 18.9 Å². The number of para-hydroxylation sites is 1. The summed E-state index contributed by atoms with van der Waals surface area (Å²) in [5.74, 6) is 0.904. The first-order chi connectivity index (χ1) is 11.6. The largest absolute Gasteiger partial charge is 0.325 e. The van der Waals surface area contributed by atoms with E-state index in [9.17, 15) is 4.79 Å². The minimum absolute atomic E-state index is 0.0718. The van der Waals surface area contributed by atoms with Crippen LogP contribution in [0.4, 0.5) is 5.69 Å². The average molecular weight is 339 g/mol. The molecule has 1 aromatic carbocycles. The lowest BCUT2D eigenvalue weighted by atomic mass is 10.3. The summed E-state index contributed by atoms with van der Waals surface area (Å²) in [6, 6.07) is 13.2. The van der Waals surface area contributed by atoms with Crippen LogP contribution in [-0.4, -0.2) is 31.4 Å². The van der Waals surface area contributed by atoms with Gasteiger partial charge in [0.2, 0.25) is 5.91 Å². The van der Waals surface area contributed by atoms with Crippen molar-refractivity contribution in [3.8, 4) is 5.82 Å². The molecule has 0 aliphatic heterocycles. The molecule has 0 fully saturated rings. The number of carbonyl (C=O) groups excluding carboxylic acids is 1. The van der Waals surface area contributed by atoms with Crippen molar-refractivity contribution in [2.24, 2.45) is 0 Å². The van der Waals surface area contributed by atoms with Crippen molar-refractivity contribution < 1.29 is 4.79 Å². The highest BCUT2D eigenvalue weighted by Crippen LogP contribution is 2.18. The van der Waals surface area contributed by atoms with Gasteiger partial charge in [0.05, 0.1) is 11.4 Å². The maximum Gasteiger partial charge on any atom is 0.234 e. The van der Waals surface area contributed by atoms with E-state index in [0.717, 1.165) is 22.1 Å². The van der Waals surface area contributed by atoms with Gasteiger partial charge in [-0.15, -0.1) is 0 Å². The smallest absolute Gasteiger partial charge is 0.234 e. The van der Waals surface area contributed by atoms with Gasteiger partial charge in [-0.1, -0.05) is 30.0 Å². The predicted octanol–water partition coefficient (Wildman–Crippen LogP) is 3.01. The third kappa shape index (κ3) is 3.99. The van der Waals surface area contributed by atoms with Gasteiger partial charge >= 0.3 is 0 Å². The second kappa shape index (κ2) is 7.27. The van der Waals surface area contributed by atoms with Crippen LogP contribution in [0, 0.1) is 13.8 Å². The van der Waals surface area contributed by atoms with Crippen LogP contribution in [0.5, 0.6) is 0 Å². The zero-order valence-corrected chi connectivity index (χ0v) is 14.2. The molecule has 6 nitrogen and oxygen atoms in total. The van der Waals surface area contributed by atoms with Gasteiger partial charge in [-0.3, -0.25) is 4.79 Å². The molecular formula is C17H17N5OS. The van der Waals surface area contributed by atoms with Crippen LogP contribution < -0.4 is 5.32 Å². The number of hydrogen-bond donors (Lipinski definition) is 1. The minimum Gasteiger partial charge on any atom is -0.325 e. The molecule has 2 heterocycles. The summed E-state index contributed by atoms with van der Waals surface area (Å²) < 4.78 is 1.77. The number of aryl methyl sites for hydroxylation is 2. The average Bonchev–Trinajstić information content (AvgIpc) is 2.93. The fourth-order valence-electron chi connectivity index (χ4n) is 2.24. The number of benzene rings is 1. The van der Waals surface area contributed by atoms with Gasteiger partial charge in [0.1, 0.15) is 11.4 Å². The first-order valence-corrected chi connectivity index (χ1v) is 8.44. The van der Waals surface area contributed by atoms with Crippen molar-refractivity contribution >= 4 is 23.4 Å². The van der Waals surface area contributed by atoms with E-state index in [0.29, 0.717) is 5.82 Å². The van der Waals surface area contributed by atoms with E-state index < -0.39 is 0 Å². The summed E-state index contributed by atoms with van der Waals surface area (Å²) in [7, 11) is 0. The topological polar surface area (TPSA) is 72.7 Å². The second-order valence-electron chi connectivity index (χ2n) is 5.26. The van der Waals surface area contributed by atoms with Gasteiger partial charge in [0, 0.05) is 17.4 Å². The van der Waals surface area contributed by atoms with Crippen LogP contribution in [0.1, 0.15) is 11.4 Å². The Hall–Kier alpha value is -2.67. The van der Waals surface area contributed by atoms with Crippen LogP contribution in [0.25, 0.3) is 5.82 Å². The number of rotatable bonds is 5. The van der Waals surface area contributed by atoms with Crippen molar-refractivity contribution in [2.75, 3.05) is 11.1 Å². The zero-order chi connectivity index (χ0) is 16.9. The Morgan fingerprint density at radius 2 is 1.96 bits per heavy atom. The summed E-state index contributed by atoms with van der Waals surface area (Å²) in [6.45, 7) is 3.91. The maximum atomic E-state index is 12.0. The number of thioether (sulfide) groups is 1. The van der Waals surface area contributed by atoms with Gasteiger partial charge in [0.25, 0.3) is 0 Å². The highest BCUT2D eigenvalue weighted by atomic mass is 32.2. The SMILES string of the molecule is Cc1cc(C)n(-c2cc(SCC(=O)Nc3ccccc3)ncn2)n1. The van der Waals surface area contributed by atoms with E-state index >= 15 is 0 Å². The van der Waals surface area contributed by atoms with Gasteiger partial charge in [0.15, 0.2) is 5.82 Å². The molecule has 0 radical (unpaired) electrons. The lowest BCUT2D eigenvalue weighted by molar-refractivity contribution is -0.113. The standard InChI is InChI=1S/C17H17N5OS/c1-12-8-13(2)22(21-12)15-9-17(19-11-18-15)24-10-16(23)20-14-6-4-3-5-7-14/h3-9,11H,10H2,1-2H3,(H,20,23). The van der Waals surface area contributed by atoms with Gasteiger partial charge in [-0.2, -0.15) is 5.10 Å². The number of anilines is 1. The summed E-state index contributed by atoms with van der Waals surface area (Å²) in [5.41, 5.74) is 2.72.